The first-order chi connectivity index (χ1) is 8.97. The van der Waals surface area contributed by atoms with E-state index in [1.807, 2.05) is 32.0 Å². The van der Waals surface area contributed by atoms with Crippen LogP contribution in [-0.4, -0.2) is 10.5 Å². The third kappa shape index (κ3) is 2.91. The monoisotopic (exact) mass is 256 g/mol. The van der Waals surface area contributed by atoms with E-state index in [4.69, 9.17) is 0 Å². The van der Waals surface area contributed by atoms with Crippen molar-refractivity contribution in [3.63, 3.8) is 0 Å². The van der Waals surface area contributed by atoms with Crippen LogP contribution in [0, 0.1) is 13.8 Å². The van der Waals surface area contributed by atoms with Crippen LogP contribution in [0.3, 0.4) is 0 Å². The summed E-state index contributed by atoms with van der Waals surface area (Å²) >= 11 is 0. The first-order valence-corrected chi connectivity index (χ1v) is 6.02. The normalized spacial score (nSPS) is 10.3. The predicted octanol–water partition coefficient (Wildman–Crippen LogP) is 2.25. The van der Waals surface area contributed by atoms with Crippen LogP contribution in [0.25, 0.3) is 0 Å². The molecule has 2 rings (SSSR count). The molecule has 0 saturated heterocycles. The van der Waals surface area contributed by atoms with Crippen molar-refractivity contribution in [3.05, 3.63) is 63.6 Å². The van der Waals surface area contributed by atoms with Crippen LogP contribution < -0.4 is 10.9 Å². The SMILES string of the molecule is Cc1ccc(NC(=O)c2ccc(=O)n(C)c2)cc1C. The maximum atomic E-state index is 12.0. The van der Waals surface area contributed by atoms with Gasteiger partial charge in [-0.15, -0.1) is 0 Å². The second-order valence-corrected chi connectivity index (χ2v) is 4.62. The highest BCUT2D eigenvalue weighted by molar-refractivity contribution is 6.04. The van der Waals surface area contributed by atoms with Gasteiger partial charge in [0.25, 0.3) is 5.91 Å². The van der Waals surface area contributed by atoms with Gasteiger partial charge in [-0.3, -0.25) is 9.59 Å². The number of amides is 1. The summed E-state index contributed by atoms with van der Waals surface area (Å²) < 4.78 is 1.38. The molecule has 1 aromatic heterocycles. The summed E-state index contributed by atoms with van der Waals surface area (Å²) in [5, 5.41) is 2.82. The van der Waals surface area contributed by atoms with Gasteiger partial charge < -0.3 is 9.88 Å². The fourth-order valence-electron chi connectivity index (χ4n) is 1.75. The van der Waals surface area contributed by atoms with Crippen molar-refractivity contribution in [1.29, 1.82) is 0 Å². The van der Waals surface area contributed by atoms with Crippen molar-refractivity contribution in [1.82, 2.24) is 4.57 Å². The molecule has 0 aliphatic heterocycles. The van der Waals surface area contributed by atoms with Crippen molar-refractivity contribution < 1.29 is 4.79 Å². The molecule has 1 amide bonds. The standard InChI is InChI=1S/C15H16N2O2/c1-10-4-6-13(8-11(10)2)16-15(19)12-5-7-14(18)17(3)9-12/h4-9H,1-3H3,(H,16,19). The van der Waals surface area contributed by atoms with Crippen LogP contribution >= 0.6 is 0 Å². The second-order valence-electron chi connectivity index (χ2n) is 4.62. The van der Waals surface area contributed by atoms with Gasteiger partial charge in [0.05, 0.1) is 5.56 Å². The highest BCUT2D eigenvalue weighted by Crippen LogP contribution is 2.14. The van der Waals surface area contributed by atoms with Gasteiger partial charge in [-0.05, 0) is 43.2 Å². The molecule has 1 aromatic carbocycles. The number of nitrogens with zero attached hydrogens (tertiary/aromatic N) is 1. The Labute approximate surface area is 111 Å². The molecule has 0 spiro atoms. The molecule has 0 bridgehead atoms. The van der Waals surface area contributed by atoms with Crippen molar-refractivity contribution in [2.24, 2.45) is 7.05 Å². The van der Waals surface area contributed by atoms with Crippen molar-refractivity contribution in [2.75, 3.05) is 5.32 Å². The van der Waals surface area contributed by atoms with Gasteiger partial charge in [0.15, 0.2) is 0 Å². The molecule has 98 valence electrons. The van der Waals surface area contributed by atoms with Crippen LogP contribution in [-0.2, 0) is 7.05 Å². The van der Waals surface area contributed by atoms with Gasteiger partial charge in [0.1, 0.15) is 0 Å². The largest absolute Gasteiger partial charge is 0.322 e. The number of hydrogen-bond donors (Lipinski definition) is 1. The molecule has 2 aromatic rings. The maximum Gasteiger partial charge on any atom is 0.257 e. The topological polar surface area (TPSA) is 51.1 Å². The van der Waals surface area contributed by atoms with Crippen LogP contribution in [0.15, 0.2) is 41.3 Å². The Kier molecular flexibility index (Phi) is 3.51. The number of aryl methyl sites for hydroxylation is 3. The minimum Gasteiger partial charge on any atom is -0.322 e. The van der Waals surface area contributed by atoms with Crippen LogP contribution in [0.1, 0.15) is 21.5 Å². The van der Waals surface area contributed by atoms with Gasteiger partial charge in [0, 0.05) is 25.0 Å². The summed E-state index contributed by atoms with van der Waals surface area (Å²) in [4.78, 5) is 23.3. The van der Waals surface area contributed by atoms with E-state index in [0.29, 0.717) is 5.56 Å². The summed E-state index contributed by atoms with van der Waals surface area (Å²) in [7, 11) is 1.62. The Bertz CT molecular complexity index is 687. The number of pyridine rings is 1. The average molecular weight is 256 g/mol. The van der Waals surface area contributed by atoms with Crippen molar-refractivity contribution in [3.8, 4) is 0 Å². The van der Waals surface area contributed by atoms with Crippen LogP contribution in [0.4, 0.5) is 5.69 Å². The molecule has 19 heavy (non-hydrogen) atoms. The molecule has 0 atom stereocenters. The zero-order valence-corrected chi connectivity index (χ0v) is 11.2. The number of rotatable bonds is 2. The van der Waals surface area contributed by atoms with Crippen molar-refractivity contribution >= 4 is 11.6 Å². The van der Waals surface area contributed by atoms with E-state index in [9.17, 15) is 9.59 Å². The summed E-state index contributed by atoms with van der Waals surface area (Å²) in [5.74, 6) is -0.223. The number of hydrogen-bond acceptors (Lipinski definition) is 2. The van der Waals surface area contributed by atoms with Gasteiger partial charge in [0.2, 0.25) is 5.56 Å². The molecule has 4 heteroatoms. The average Bonchev–Trinajstić information content (AvgIpc) is 2.37. The number of aromatic nitrogens is 1. The van der Waals surface area contributed by atoms with E-state index >= 15 is 0 Å². The molecule has 1 N–H and O–H groups in total. The third-order valence-electron chi connectivity index (χ3n) is 3.11. The summed E-state index contributed by atoms with van der Waals surface area (Å²) in [5.41, 5.74) is 3.38. The fourth-order valence-corrected chi connectivity index (χ4v) is 1.75. The van der Waals surface area contributed by atoms with Crippen LogP contribution in [0.2, 0.25) is 0 Å². The van der Waals surface area contributed by atoms with E-state index < -0.39 is 0 Å². The zero-order chi connectivity index (χ0) is 14.0. The van der Waals surface area contributed by atoms with Gasteiger partial charge in [-0.1, -0.05) is 6.07 Å². The van der Waals surface area contributed by atoms with Crippen LogP contribution in [0.5, 0.6) is 0 Å². The smallest absolute Gasteiger partial charge is 0.257 e. The molecule has 0 radical (unpaired) electrons. The lowest BCUT2D eigenvalue weighted by Crippen LogP contribution is -2.19. The maximum absolute atomic E-state index is 12.0. The molecular weight excluding hydrogens is 240 g/mol. The molecule has 0 fully saturated rings. The molecule has 0 saturated carbocycles. The quantitative estimate of drug-likeness (QED) is 0.896. The molecule has 0 aliphatic rings. The molecule has 1 heterocycles. The number of anilines is 1. The van der Waals surface area contributed by atoms with E-state index in [1.54, 1.807) is 7.05 Å². The Balaban J connectivity index is 2.22. The fraction of sp³-hybridized carbons (Fsp3) is 0.200. The molecular formula is C15H16N2O2. The molecule has 4 nitrogen and oxygen atoms in total. The summed E-state index contributed by atoms with van der Waals surface area (Å²) in [6.07, 6.45) is 1.53. The first kappa shape index (κ1) is 13.1. The lowest BCUT2D eigenvalue weighted by Gasteiger charge is -2.08. The first-order valence-electron chi connectivity index (χ1n) is 6.02. The van der Waals surface area contributed by atoms with E-state index in [0.717, 1.165) is 11.3 Å². The van der Waals surface area contributed by atoms with Crippen molar-refractivity contribution in [2.45, 2.75) is 13.8 Å². The molecule has 0 aliphatic carbocycles. The van der Waals surface area contributed by atoms with E-state index in [1.165, 1.54) is 28.5 Å². The minimum absolute atomic E-state index is 0.136. The highest BCUT2D eigenvalue weighted by Gasteiger charge is 2.07. The highest BCUT2D eigenvalue weighted by atomic mass is 16.2. The molecule has 0 unspecified atom stereocenters. The third-order valence-corrected chi connectivity index (χ3v) is 3.11. The second kappa shape index (κ2) is 5.10. The lowest BCUT2D eigenvalue weighted by molar-refractivity contribution is 0.102. The minimum atomic E-state index is -0.223. The van der Waals surface area contributed by atoms with E-state index in [2.05, 4.69) is 5.32 Å². The Morgan fingerprint density at radius 3 is 2.47 bits per heavy atom. The van der Waals surface area contributed by atoms with E-state index in [-0.39, 0.29) is 11.5 Å². The summed E-state index contributed by atoms with van der Waals surface area (Å²) in [6, 6.07) is 8.66. The van der Waals surface area contributed by atoms with Gasteiger partial charge in [-0.25, -0.2) is 0 Å². The lowest BCUT2D eigenvalue weighted by atomic mass is 10.1. The Morgan fingerprint density at radius 1 is 1.11 bits per heavy atom. The summed E-state index contributed by atoms with van der Waals surface area (Å²) in [6.45, 7) is 4.02. The predicted molar refractivity (Wildman–Crippen MR) is 75.6 cm³/mol. The number of nitrogens with one attached hydrogen (secondary N) is 1. The Hall–Kier alpha value is -2.36. The Morgan fingerprint density at radius 2 is 1.84 bits per heavy atom. The number of carbonyl (C=O) groups excluding carboxylic acids is 1. The number of carbonyl (C=O) groups is 1. The number of benzene rings is 1. The van der Waals surface area contributed by atoms with Gasteiger partial charge >= 0.3 is 0 Å². The zero-order valence-electron chi connectivity index (χ0n) is 11.2. The van der Waals surface area contributed by atoms with Gasteiger partial charge in [-0.2, -0.15) is 0 Å².